The fourth-order valence-electron chi connectivity index (χ4n) is 3.46. The summed E-state index contributed by atoms with van der Waals surface area (Å²) >= 11 is 0. The first-order valence-corrected chi connectivity index (χ1v) is 9.08. The summed E-state index contributed by atoms with van der Waals surface area (Å²) in [5, 5.41) is 4.81. The van der Waals surface area contributed by atoms with Crippen LogP contribution >= 0.6 is 0 Å². The summed E-state index contributed by atoms with van der Waals surface area (Å²) in [6, 6.07) is 11.8. The van der Waals surface area contributed by atoms with Crippen LogP contribution in [0.2, 0.25) is 0 Å². The van der Waals surface area contributed by atoms with Gasteiger partial charge in [0.1, 0.15) is 0 Å². The van der Waals surface area contributed by atoms with E-state index in [1.165, 1.54) is 0 Å². The highest BCUT2D eigenvalue weighted by atomic mass is 16.5. The number of nitrogens with zero attached hydrogens (tertiary/aromatic N) is 2. The number of methoxy groups -OCH3 is 4. The number of benzene rings is 2. The quantitative estimate of drug-likeness (QED) is 0.608. The molecule has 6 heteroatoms. The van der Waals surface area contributed by atoms with E-state index in [-0.39, 0.29) is 0 Å². The second-order valence-electron chi connectivity index (χ2n) is 6.29. The first-order valence-electron chi connectivity index (χ1n) is 9.08. The third-order valence-corrected chi connectivity index (χ3v) is 4.81. The van der Waals surface area contributed by atoms with Crippen LogP contribution in [0.25, 0.3) is 22.5 Å². The fraction of sp³-hybridized carbons (Fsp3) is 0.318. The van der Waals surface area contributed by atoms with E-state index in [4.69, 9.17) is 24.0 Å². The van der Waals surface area contributed by atoms with Crippen molar-refractivity contribution in [1.82, 2.24) is 9.78 Å². The van der Waals surface area contributed by atoms with Gasteiger partial charge in [0.2, 0.25) is 0 Å². The van der Waals surface area contributed by atoms with Crippen LogP contribution in [0.3, 0.4) is 0 Å². The van der Waals surface area contributed by atoms with Gasteiger partial charge in [-0.3, -0.25) is 4.68 Å². The van der Waals surface area contributed by atoms with E-state index in [0.29, 0.717) is 23.0 Å². The monoisotopic (exact) mass is 382 g/mol. The van der Waals surface area contributed by atoms with E-state index in [2.05, 4.69) is 6.92 Å². The number of rotatable bonds is 7. The minimum Gasteiger partial charge on any atom is -0.493 e. The van der Waals surface area contributed by atoms with Crippen molar-refractivity contribution in [3.8, 4) is 45.5 Å². The molecule has 0 radical (unpaired) electrons. The summed E-state index contributed by atoms with van der Waals surface area (Å²) < 4.78 is 23.6. The van der Waals surface area contributed by atoms with Crippen LogP contribution in [-0.2, 0) is 13.5 Å². The summed E-state index contributed by atoms with van der Waals surface area (Å²) in [4.78, 5) is 0. The molecule has 0 spiro atoms. The van der Waals surface area contributed by atoms with Crippen molar-refractivity contribution < 1.29 is 18.9 Å². The number of aromatic nitrogens is 2. The van der Waals surface area contributed by atoms with Crippen molar-refractivity contribution in [2.75, 3.05) is 28.4 Å². The van der Waals surface area contributed by atoms with Crippen molar-refractivity contribution in [2.45, 2.75) is 13.3 Å². The molecule has 3 aromatic rings. The molecule has 0 saturated heterocycles. The van der Waals surface area contributed by atoms with Crippen LogP contribution in [0.4, 0.5) is 0 Å². The molecule has 1 aromatic heterocycles. The topological polar surface area (TPSA) is 54.7 Å². The highest BCUT2D eigenvalue weighted by molar-refractivity contribution is 5.77. The lowest BCUT2D eigenvalue weighted by Gasteiger charge is -2.11. The van der Waals surface area contributed by atoms with Gasteiger partial charge in [0.15, 0.2) is 23.0 Å². The Balaban J connectivity index is 2.16. The molecule has 148 valence electrons. The number of aryl methyl sites for hydroxylation is 1. The molecule has 0 atom stereocenters. The fourth-order valence-corrected chi connectivity index (χ4v) is 3.46. The normalized spacial score (nSPS) is 10.6. The Hall–Kier alpha value is -3.15. The highest BCUT2D eigenvalue weighted by Gasteiger charge is 2.20. The van der Waals surface area contributed by atoms with E-state index >= 15 is 0 Å². The Bertz CT molecular complexity index is 979. The number of ether oxygens (including phenoxy) is 4. The first kappa shape index (κ1) is 19.6. The Morgan fingerprint density at radius 2 is 1.25 bits per heavy atom. The smallest absolute Gasteiger partial charge is 0.161 e. The van der Waals surface area contributed by atoms with Crippen molar-refractivity contribution in [3.05, 3.63) is 42.0 Å². The van der Waals surface area contributed by atoms with Crippen molar-refractivity contribution in [3.63, 3.8) is 0 Å². The van der Waals surface area contributed by atoms with Gasteiger partial charge in [0.25, 0.3) is 0 Å². The molecule has 28 heavy (non-hydrogen) atoms. The van der Waals surface area contributed by atoms with Gasteiger partial charge in [-0.2, -0.15) is 5.10 Å². The molecule has 2 aromatic carbocycles. The highest BCUT2D eigenvalue weighted by Crippen LogP contribution is 2.39. The van der Waals surface area contributed by atoms with Gasteiger partial charge in [-0.05, 0) is 42.8 Å². The van der Waals surface area contributed by atoms with E-state index in [1.54, 1.807) is 28.4 Å². The van der Waals surface area contributed by atoms with Crippen molar-refractivity contribution in [2.24, 2.45) is 7.05 Å². The summed E-state index contributed by atoms with van der Waals surface area (Å²) in [7, 11) is 8.49. The van der Waals surface area contributed by atoms with Crippen LogP contribution in [0, 0.1) is 0 Å². The first-order chi connectivity index (χ1) is 13.6. The van der Waals surface area contributed by atoms with Crippen LogP contribution in [0.15, 0.2) is 36.4 Å². The summed E-state index contributed by atoms with van der Waals surface area (Å²) in [5.74, 6) is 2.77. The summed E-state index contributed by atoms with van der Waals surface area (Å²) in [5.41, 5.74) is 5.14. The molecular formula is C22H26N2O4. The molecule has 0 aliphatic rings. The van der Waals surface area contributed by atoms with Gasteiger partial charge >= 0.3 is 0 Å². The Morgan fingerprint density at radius 1 is 0.750 bits per heavy atom. The molecule has 0 unspecified atom stereocenters. The van der Waals surface area contributed by atoms with Crippen molar-refractivity contribution >= 4 is 0 Å². The molecule has 0 fully saturated rings. The molecule has 1 heterocycles. The second kappa shape index (κ2) is 8.25. The minimum atomic E-state index is 0.681. The number of hydrogen-bond acceptors (Lipinski definition) is 5. The maximum absolute atomic E-state index is 5.47. The third-order valence-electron chi connectivity index (χ3n) is 4.81. The van der Waals surface area contributed by atoms with Gasteiger partial charge in [-0.25, -0.2) is 0 Å². The molecule has 0 N–H and O–H groups in total. The molecule has 6 nitrogen and oxygen atoms in total. The van der Waals surface area contributed by atoms with Crippen LogP contribution in [0.1, 0.15) is 12.5 Å². The van der Waals surface area contributed by atoms with Crippen molar-refractivity contribution in [1.29, 1.82) is 0 Å². The molecule has 3 rings (SSSR count). The van der Waals surface area contributed by atoms with Gasteiger partial charge in [0.05, 0.1) is 39.8 Å². The van der Waals surface area contributed by atoms with E-state index in [9.17, 15) is 0 Å². The molecule has 0 aliphatic carbocycles. The zero-order valence-corrected chi connectivity index (χ0v) is 17.2. The Morgan fingerprint density at radius 3 is 1.75 bits per heavy atom. The minimum absolute atomic E-state index is 0.681. The molecular weight excluding hydrogens is 356 g/mol. The lowest BCUT2D eigenvalue weighted by Crippen LogP contribution is -1.97. The Labute approximate surface area is 165 Å². The van der Waals surface area contributed by atoms with Gasteiger partial charge in [0, 0.05) is 23.7 Å². The lowest BCUT2D eigenvalue weighted by molar-refractivity contribution is 0.355. The van der Waals surface area contributed by atoms with Crippen LogP contribution < -0.4 is 18.9 Å². The molecule has 0 aliphatic heterocycles. The standard InChI is InChI=1S/C22H26N2O4/c1-7-16-21(14-8-10-17(25-3)19(12-14)27-5)23-24(2)22(16)15-9-11-18(26-4)20(13-15)28-6/h8-13H,7H2,1-6H3. The van der Waals surface area contributed by atoms with Gasteiger partial charge in [-0.15, -0.1) is 0 Å². The average Bonchev–Trinajstić information content (AvgIpc) is 3.08. The zero-order valence-electron chi connectivity index (χ0n) is 17.2. The maximum atomic E-state index is 5.47. The van der Waals surface area contributed by atoms with E-state index in [0.717, 1.165) is 34.5 Å². The average molecular weight is 382 g/mol. The predicted molar refractivity (Wildman–Crippen MR) is 110 cm³/mol. The van der Waals surface area contributed by atoms with Gasteiger partial charge in [-0.1, -0.05) is 6.92 Å². The maximum Gasteiger partial charge on any atom is 0.161 e. The summed E-state index contributed by atoms with van der Waals surface area (Å²) in [6.07, 6.45) is 0.835. The predicted octanol–water partition coefficient (Wildman–Crippen LogP) is 4.35. The van der Waals surface area contributed by atoms with Crippen LogP contribution in [0.5, 0.6) is 23.0 Å². The van der Waals surface area contributed by atoms with E-state index in [1.807, 2.05) is 48.1 Å². The Kier molecular flexibility index (Phi) is 5.78. The SMILES string of the molecule is CCc1c(-c2ccc(OC)c(OC)c2)nn(C)c1-c1ccc(OC)c(OC)c1. The van der Waals surface area contributed by atoms with Crippen LogP contribution in [-0.4, -0.2) is 38.2 Å². The molecule has 0 amide bonds. The zero-order chi connectivity index (χ0) is 20.3. The van der Waals surface area contributed by atoms with E-state index < -0.39 is 0 Å². The number of hydrogen-bond donors (Lipinski definition) is 0. The third kappa shape index (κ3) is 3.38. The molecule has 0 saturated carbocycles. The second-order valence-corrected chi connectivity index (χ2v) is 6.29. The lowest BCUT2D eigenvalue weighted by atomic mass is 9.99. The van der Waals surface area contributed by atoms with Gasteiger partial charge < -0.3 is 18.9 Å². The molecule has 0 bridgehead atoms. The largest absolute Gasteiger partial charge is 0.493 e. The summed E-state index contributed by atoms with van der Waals surface area (Å²) in [6.45, 7) is 2.13.